The average molecular weight is 250 g/mol. The predicted molar refractivity (Wildman–Crippen MR) is 71.3 cm³/mol. The highest BCUT2D eigenvalue weighted by molar-refractivity contribution is 5.36. The van der Waals surface area contributed by atoms with Crippen LogP contribution < -0.4 is 10.5 Å². The maximum Gasteiger partial charge on any atom is 0.123 e. The van der Waals surface area contributed by atoms with Gasteiger partial charge in [-0.3, -0.25) is 4.84 Å². The lowest BCUT2D eigenvalue weighted by Gasteiger charge is -2.36. The number of ether oxygens (including phenoxy) is 1. The van der Waals surface area contributed by atoms with Gasteiger partial charge in [-0.05, 0) is 25.8 Å². The molecule has 1 aliphatic rings. The minimum Gasteiger partial charge on any atom is -0.496 e. The molecule has 2 atom stereocenters. The van der Waals surface area contributed by atoms with Gasteiger partial charge in [0.25, 0.3) is 0 Å². The predicted octanol–water partition coefficient (Wildman–Crippen LogP) is 2.11. The number of hydrogen-bond donors (Lipinski definition) is 1. The standard InChI is InChI=1S/C14H22N2O2/c1-11(15)14(16-9-5-6-10-18-16)12-7-3-4-8-13(12)17-2/h3-4,7-8,11,14H,5-6,9-10,15H2,1-2H3. The number of nitrogens with two attached hydrogens (primary N) is 1. The molecule has 1 fully saturated rings. The Balaban J connectivity index is 2.28. The summed E-state index contributed by atoms with van der Waals surface area (Å²) in [4.78, 5) is 5.75. The van der Waals surface area contributed by atoms with Crippen molar-refractivity contribution in [2.24, 2.45) is 5.73 Å². The molecule has 4 nitrogen and oxygen atoms in total. The second kappa shape index (κ2) is 6.18. The van der Waals surface area contributed by atoms with Crippen molar-refractivity contribution in [2.45, 2.75) is 31.8 Å². The number of nitrogens with zero attached hydrogens (tertiary/aromatic N) is 1. The number of methoxy groups -OCH3 is 1. The van der Waals surface area contributed by atoms with Crippen LogP contribution in [0.4, 0.5) is 0 Å². The maximum atomic E-state index is 6.15. The molecule has 0 radical (unpaired) electrons. The van der Waals surface area contributed by atoms with E-state index in [1.54, 1.807) is 7.11 Å². The van der Waals surface area contributed by atoms with E-state index < -0.39 is 0 Å². The van der Waals surface area contributed by atoms with Gasteiger partial charge < -0.3 is 10.5 Å². The van der Waals surface area contributed by atoms with Gasteiger partial charge in [-0.1, -0.05) is 18.2 Å². The second-order valence-corrected chi connectivity index (χ2v) is 4.73. The second-order valence-electron chi connectivity index (χ2n) is 4.73. The summed E-state index contributed by atoms with van der Waals surface area (Å²) in [6, 6.07) is 8.04. The summed E-state index contributed by atoms with van der Waals surface area (Å²) in [6.07, 6.45) is 2.27. The fourth-order valence-corrected chi connectivity index (χ4v) is 2.45. The Bertz CT molecular complexity index is 376. The Labute approximate surface area is 109 Å². The van der Waals surface area contributed by atoms with E-state index >= 15 is 0 Å². The van der Waals surface area contributed by atoms with Crippen LogP contribution in [-0.4, -0.2) is 31.4 Å². The minimum absolute atomic E-state index is 0.0144. The molecule has 1 saturated heterocycles. The highest BCUT2D eigenvalue weighted by Crippen LogP contribution is 2.32. The zero-order chi connectivity index (χ0) is 13.0. The van der Waals surface area contributed by atoms with Crippen molar-refractivity contribution in [3.8, 4) is 5.75 Å². The molecular weight excluding hydrogens is 228 g/mol. The van der Waals surface area contributed by atoms with Gasteiger partial charge in [-0.15, -0.1) is 0 Å². The van der Waals surface area contributed by atoms with Gasteiger partial charge in [-0.2, -0.15) is 5.06 Å². The fraction of sp³-hybridized carbons (Fsp3) is 0.571. The smallest absolute Gasteiger partial charge is 0.123 e. The Kier molecular flexibility index (Phi) is 4.58. The van der Waals surface area contributed by atoms with E-state index in [2.05, 4.69) is 6.07 Å². The van der Waals surface area contributed by atoms with Gasteiger partial charge in [0.15, 0.2) is 0 Å². The third-order valence-corrected chi connectivity index (χ3v) is 3.30. The Morgan fingerprint density at radius 1 is 1.33 bits per heavy atom. The molecule has 0 aliphatic carbocycles. The number of para-hydroxylation sites is 1. The van der Waals surface area contributed by atoms with Crippen molar-refractivity contribution < 1.29 is 9.57 Å². The maximum absolute atomic E-state index is 6.15. The number of hydroxylamine groups is 2. The summed E-state index contributed by atoms with van der Waals surface area (Å²) in [5.74, 6) is 0.869. The molecule has 100 valence electrons. The van der Waals surface area contributed by atoms with Gasteiger partial charge in [0.2, 0.25) is 0 Å². The monoisotopic (exact) mass is 250 g/mol. The molecule has 2 rings (SSSR count). The highest BCUT2D eigenvalue weighted by Gasteiger charge is 2.28. The molecule has 4 heteroatoms. The summed E-state index contributed by atoms with van der Waals surface area (Å²) in [5, 5.41) is 2.01. The van der Waals surface area contributed by atoms with E-state index in [1.165, 1.54) is 0 Å². The van der Waals surface area contributed by atoms with E-state index in [-0.39, 0.29) is 12.1 Å². The largest absolute Gasteiger partial charge is 0.496 e. The molecule has 0 bridgehead atoms. The third kappa shape index (κ3) is 2.83. The first-order chi connectivity index (χ1) is 8.74. The Morgan fingerprint density at radius 2 is 2.11 bits per heavy atom. The first-order valence-corrected chi connectivity index (χ1v) is 6.52. The van der Waals surface area contributed by atoms with Crippen LogP contribution >= 0.6 is 0 Å². The van der Waals surface area contributed by atoms with E-state index in [0.29, 0.717) is 0 Å². The van der Waals surface area contributed by atoms with Crippen molar-refractivity contribution in [1.29, 1.82) is 0 Å². The molecule has 1 aliphatic heterocycles. The molecule has 0 saturated carbocycles. The van der Waals surface area contributed by atoms with E-state index in [1.807, 2.05) is 30.2 Å². The summed E-state index contributed by atoms with van der Waals surface area (Å²) in [7, 11) is 1.69. The number of rotatable bonds is 4. The van der Waals surface area contributed by atoms with Crippen molar-refractivity contribution >= 4 is 0 Å². The molecule has 18 heavy (non-hydrogen) atoms. The topological polar surface area (TPSA) is 47.7 Å². The molecule has 0 aromatic heterocycles. The molecule has 1 aromatic carbocycles. The minimum atomic E-state index is -0.0144. The normalized spacial score (nSPS) is 20.4. The van der Waals surface area contributed by atoms with Gasteiger partial charge in [0, 0.05) is 18.2 Å². The van der Waals surface area contributed by atoms with Crippen LogP contribution in [0.3, 0.4) is 0 Å². The average Bonchev–Trinajstić information content (AvgIpc) is 2.40. The summed E-state index contributed by atoms with van der Waals surface area (Å²) in [5.41, 5.74) is 7.24. The van der Waals surface area contributed by atoms with Crippen LogP contribution in [0.15, 0.2) is 24.3 Å². The van der Waals surface area contributed by atoms with Gasteiger partial charge in [0.05, 0.1) is 19.8 Å². The zero-order valence-electron chi connectivity index (χ0n) is 11.1. The van der Waals surface area contributed by atoms with Crippen molar-refractivity contribution in [1.82, 2.24) is 5.06 Å². The lowest BCUT2D eigenvalue weighted by Crippen LogP contribution is -2.42. The highest BCUT2D eigenvalue weighted by atomic mass is 16.7. The van der Waals surface area contributed by atoms with Crippen molar-refractivity contribution in [3.05, 3.63) is 29.8 Å². The van der Waals surface area contributed by atoms with E-state index in [4.69, 9.17) is 15.3 Å². The summed E-state index contributed by atoms with van der Waals surface area (Å²) >= 11 is 0. The van der Waals surface area contributed by atoms with Gasteiger partial charge >= 0.3 is 0 Å². The SMILES string of the molecule is COc1ccccc1C(C(C)N)N1CCCCO1. The van der Waals surface area contributed by atoms with Gasteiger partial charge in [0.1, 0.15) is 5.75 Å². The Hall–Kier alpha value is -1.10. The van der Waals surface area contributed by atoms with Gasteiger partial charge in [-0.25, -0.2) is 0 Å². The lowest BCUT2D eigenvalue weighted by molar-refractivity contribution is -0.211. The lowest BCUT2D eigenvalue weighted by atomic mass is 9.99. The molecule has 2 N–H and O–H groups in total. The molecule has 1 aromatic rings. The summed E-state index contributed by atoms with van der Waals surface area (Å²) < 4.78 is 5.43. The number of hydrogen-bond acceptors (Lipinski definition) is 4. The zero-order valence-corrected chi connectivity index (χ0v) is 11.1. The summed E-state index contributed by atoms with van der Waals surface area (Å²) in [6.45, 7) is 3.71. The first kappa shape index (κ1) is 13.3. The molecule has 0 spiro atoms. The Morgan fingerprint density at radius 3 is 2.72 bits per heavy atom. The van der Waals surface area contributed by atoms with Crippen molar-refractivity contribution in [2.75, 3.05) is 20.3 Å². The van der Waals surface area contributed by atoms with Crippen LogP contribution in [0.5, 0.6) is 5.75 Å². The quantitative estimate of drug-likeness (QED) is 0.889. The molecular formula is C14H22N2O2. The van der Waals surface area contributed by atoms with Crippen LogP contribution in [0.1, 0.15) is 31.4 Å². The molecule has 2 unspecified atom stereocenters. The van der Waals surface area contributed by atoms with Crippen LogP contribution in [0.25, 0.3) is 0 Å². The van der Waals surface area contributed by atoms with E-state index in [9.17, 15) is 0 Å². The molecule has 0 amide bonds. The third-order valence-electron chi connectivity index (χ3n) is 3.30. The van der Waals surface area contributed by atoms with Crippen molar-refractivity contribution in [3.63, 3.8) is 0 Å². The first-order valence-electron chi connectivity index (χ1n) is 6.52. The fourth-order valence-electron chi connectivity index (χ4n) is 2.45. The van der Waals surface area contributed by atoms with Crippen LogP contribution in [0, 0.1) is 0 Å². The van der Waals surface area contributed by atoms with E-state index in [0.717, 1.165) is 37.3 Å². The van der Waals surface area contributed by atoms with Crippen LogP contribution in [0.2, 0.25) is 0 Å². The van der Waals surface area contributed by atoms with Crippen LogP contribution in [-0.2, 0) is 4.84 Å². The molecule has 1 heterocycles. The number of benzene rings is 1.